The van der Waals surface area contributed by atoms with Crippen molar-refractivity contribution >= 4 is 15.9 Å². The maximum absolute atomic E-state index is 6.09. The van der Waals surface area contributed by atoms with E-state index in [2.05, 4.69) is 34.1 Å². The van der Waals surface area contributed by atoms with E-state index in [1.54, 1.807) is 0 Å². The molecule has 2 aliphatic rings. The number of hydrogen-bond donors (Lipinski definition) is 0. The molecule has 0 bridgehead atoms. The Hall–Kier alpha value is -0.340. The van der Waals surface area contributed by atoms with E-state index in [1.165, 1.54) is 43.2 Å². The highest BCUT2D eigenvalue weighted by Gasteiger charge is 2.40. The van der Waals surface area contributed by atoms with E-state index in [0.29, 0.717) is 0 Å². The minimum atomic E-state index is 0.0777. The molecule has 1 saturated carbocycles. The van der Waals surface area contributed by atoms with E-state index in [4.69, 9.17) is 4.74 Å². The molecule has 1 fully saturated rings. The minimum absolute atomic E-state index is 0.0777. The maximum Gasteiger partial charge on any atom is 0.0939 e. The first-order valence-corrected chi connectivity index (χ1v) is 6.52. The summed E-state index contributed by atoms with van der Waals surface area (Å²) in [5.74, 6) is 0. The molecule has 0 N–H and O–H groups in total. The van der Waals surface area contributed by atoms with Gasteiger partial charge in [-0.3, -0.25) is 0 Å². The Bertz CT molecular complexity index is 380. The molecule has 0 atom stereocenters. The van der Waals surface area contributed by atoms with Gasteiger partial charge >= 0.3 is 0 Å². The molecule has 1 aromatic rings. The van der Waals surface area contributed by atoms with Crippen molar-refractivity contribution in [2.45, 2.75) is 44.3 Å². The van der Waals surface area contributed by atoms with Crippen molar-refractivity contribution < 1.29 is 4.74 Å². The van der Waals surface area contributed by atoms with Crippen molar-refractivity contribution in [2.75, 3.05) is 0 Å². The lowest BCUT2D eigenvalue weighted by atomic mass is 9.79. The molecule has 1 heterocycles. The highest BCUT2D eigenvalue weighted by molar-refractivity contribution is 9.10. The van der Waals surface area contributed by atoms with Gasteiger partial charge in [-0.15, -0.1) is 0 Å². The molecule has 2 heteroatoms. The molecular weight excluding hydrogens is 252 g/mol. The van der Waals surface area contributed by atoms with E-state index in [-0.39, 0.29) is 5.60 Å². The van der Waals surface area contributed by atoms with E-state index < -0.39 is 0 Å². The number of ether oxygens (including phenoxy) is 1. The summed E-state index contributed by atoms with van der Waals surface area (Å²) in [5.41, 5.74) is 2.91. The van der Waals surface area contributed by atoms with Crippen molar-refractivity contribution in [1.82, 2.24) is 0 Å². The number of fused-ring (bicyclic) bond motifs is 2. The van der Waals surface area contributed by atoms with E-state index >= 15 is 0 Å². The Kier molecular flexibility index (Phi) is 2.37. The molecule has 0 unspecified atom stereocenters. The summed E-state index contributed by atoms with van der Waals surface area (Å²) in [6.45, 7) is 0.800. The topological polar surface area (TPSA) is 9.23 Å². The SMILES string of the molecule is Brc1ccc2c(c1)COC21CCCCC1. The standard InChI is InChI=1S/C13H15BrO/c14-11-4-5-12-10(8-11)9-15-13(12)6-2-1-3-7-13/h4-5,8H,1-3,6-7,9H2. The van der Waals surface area contributed by atoms with Crippen molar-refractivity contribution in [1.29, 1.82) is 0 Å². The van der Waals surface area contributed by atoms with Gasteiger partial charge in [-0.1, -0.05) is 41.3 Å². The Morgan fingerprint density at radius 3 is 2.73 bits per heavy atom. The van der Waals surface area contributed by atoms with Gasteiger partial charge in [-0.25, -0.2) is 0 Å². The predicted molar refractivity (Wildman–Crippen MR) is 63.7 cm³/mol. The zero-order valence-corrected chi connectivity index (χ0v) is 10.3. The Labute approximate surface area is 99.0 Å². The van der Waals surface area contributed by atoms with Crippen LogP contribution in [0, 0.1) is 0 Å². The first-order valence-electron chi connectivity index (χ1n) is 5.73. The van der Waals surface area contributed by atoms with Gasteiger partial charge in [0.15, 0.2) is 0 Å². The van der Waals surface area contributed by atoms with Crippen LogP contribution in [-0.4, -0.2) is 0 Å². The van der Waals surface area contributed by atoms with Crippen LogP contribution in [0.4, 0.5) is 0 Å². The normalized spacial score (nSPS) is 23.0. The lowest BCUT2D eigenvalue weighted by molar-refractivity contribution is -0.0637. The van der Waals surface area contributed by atoms with Crippen LogP contribution in [0.25, 0.3) is 0 Å². The van der Waals surface area contributed by atoms with Crippen LogP contribution in [0.15, 0.2) is 22.7 Å². The highest BCUT2D eigenvalue weighted by atomic mass is 79.9. The first-order chi connectivity index (χ1) is 7.30. The molecule has 1 nitrogen and oxygen atoms in total. The summed E-state index contributed by atoms with van der Waals surface area (Å²) in [7, 11) is 0. The second-order valence-electron chi connectivity index (χ2n) is 4.65. The van der Waals surface area contributed by atoms with Gasteiger partial charge in [-0.2, -0.15) is 0 Å². The monoisotopic (exact) mass is 266 g/mol. The van der Waals surface area contributed by atoms with Crippen molar-refractivity contribution in [2.24, 2.45) is 0 Å². The summed E-state index contributed by atoms with van der Waals surface area (Å²) in [6, 6.07) is 6.60. The summed E-state index contributed by atoms with van der Waals surface area (Å²) >= 11 is 3.52. The van der Waals surface area contributed by atoms with Gasteiger partial charge in [-0.05, 0) is 36.1 Å². The predicted octanol–water partition coefficient (Wildman–Crippen LogP) is 4.14. The molecule has 0 amide bonds. The second-order valence-corrected chi connectivity index (χ2v) is 5.56. The zero-order valence-electron chi connectivity index (χ0n) is 8.76. The lowest BCUT2D eigenvalue weighted by Gasteiger charge is -2.33. The quantitative estimate of drug-likeness (QED) is 0.686. The van der Waals surface area contributed by atoms with Crippen LogP contribution in [0.1, 0.15) is 43.2 Å². The van der Waals surface area contributed by atoms with Gasteiger partial charge in [0, 0.05) is 4.47 Å². The summed E-state index contributed by atoms with van der Waals surface area (Å²) < 4.78 is 7.25. The van der Waals surface area contributed by atoms with Gasteiger partial charge in [0.25, 0.3) is 0 Å². The average Bonchev–Trinajstić information content (AvgIpc) is 2.58. The molecule has 1 aliphatic carbocycles. The van der Waals surface area contributed by atoms with Crippen LogP contribution in [-0.2, 0) is 16.9 Å². The summed E-state index contributed by atoms with van der Waals surface area (Å²) in [5, 5.41) is 0. The zero-order chi connectivity index (χ0) is 10.3. The van der Waals surface area contributed by atoms with Crippen LogP contribution in [0.3, 0.4) is 0 Å². The van der Waals surface area contributed by atoms with E-state index in [1.807, 2.05) is 0 Å². The fraction of sp³-hybridized carbons (Fsp3) is 0.538. The van der Waals surface area contributed by atoms with Gasteiger partial charge in [0.05, 0.1) is 12.2 Å². The molecular formula is C13H15BrO. The Morgan fingerprint density at radius 1 is 1.13 bits per heavy atom. The largest absolute Gasteiger partial charge is 0.366 e. The molecule has 0 saturated heterocycles. The number of rotatable bonds is 0. The van der Waals surface area contributed by atoms with Crippen molar-refractivity contribution in [3.05, 3.63) is 33.8 Å². The molecule has 1 spiro atoms. The first kappa shape index (κ1) is 9.86. The molecule has 1 aliphatic heterocycles. The number of hydrogen-bond acceptors (Lipinski definition) is 1. The second kappa shape index (κ2) is 3.60. The molecule has 0 aromatic heterocycles. The number of benzene rings is 1. The smallest absolute Gasteiger partial charge is 0.0939 e. The highest BCUT2D eigenvalue weighted by Crippen LogP contribution is 2.47. The third-order valence-corrected chi connectivity index (χ3v) is 4.22. The van der Waals surface area contributed by atoms with E-state index in [0.717, 1.165) is 11.1 Å². The summed E-state index contributed by atoms with van der Waals surface area (Å²) in [6.07, 6.45) is 6.42. The maximum atomic E-state index is 6.09. The summed E-state index contributed by atoms with van der Waals surface area (Å²) in [4.78, 5) is 0. The van der Waals surface area contributed by atoms with Crippen LogP contribution in [0.2, 0.25) is 0 Å². The lowest BCUT2D eigenvalue weighted by Crippen LogP contribution is -2.27. The molecule has 15 heavy (non-hydrogen) atoms. The fourth-order valence-electron chi connectivity index (χ4n) is 2.96. The van der Waals surface area contributed by atoms with Crippen LogP contribution >= 0.6 is 15.9 Å². The fourth-order valence-corrected chi connectivity index (χ4v) is 3.36. The number of halogens is 1. The van der Waals surface area contributed by atoms with E-state index in [9.17, 15) is 0 Å². The Balaban J connectivity index is 2.03. The van der Waals surface area contributed by atoms with Crippen LogP contribution < -0.4 is 0 Å². The van der Waals surface area contributed by atoms with Crippen molar-refractivity contribution in [3.8, 4) is 0 Å². The van der Waals surface area contributed by atoms with Gasteiger partial charge in [0.1, 0.15) is 0 Å². The molecule has 1 aromatic carbocycles. The minimum Gasteiger partial charge on any atom is -0.366 e. The molecule has 3 rings (SSSR count). The Morgan fingerprint density at radius 2 is 1.93 bits per heavy atom. The van der Waals surface area contributed by atoms with Gasteiger partial charge < -0.3 is 4.74 Å². The van der Waals surface area contributed by atoms with Crippen LogP contribution in [0.5, 0.6) is 0 Å². The third kappa shape index (κ3) is 1.55. The molecule has 0 radical (unpaired) electrons. The molecule has 80 valence electrons. The average molecular weight is 267 g/mol. The van der Waals surface area contributed by atoms with Crippen molar-refractivity contribution in [3.63, 3.8) is 0 Å². The van der Waals surface area contributed by atoms with Gasteiger partial charge in [0.2, 0.25) is 0 Å². The third-order valence-electron chi connectivity index (χ3n) is 3.72.